The van der Waals surface area contributed by atoms with Crippen molar-refractivity contribution in [3.05, 3.63) is 24.3 Å². The summed E-state index contributed by atoms with van der Waals surface area (Å²) >= 11 is 10.5. The lowest BCUT2D eigenvalue weighted by atomic mass is 10.3. The standard InChI is InChI=1S/C9H13O2PS2/c1-3-11-12(13,14)9-6-4-8(10-2)5-7-9/h4-7H,3H2,1-2H3,(H,13,14)/p-1. The summed E-state index contributed by atoms with van der Waals surface area (Å²) in [5.74, 6) is 0.801. The zero-order valence-corrected chi connectivity index (χ0v) is 10.6. The van der Waals surface area contributed by atoms with Crippen LogP contribution >= 0.6 is 5.47 Å². The van der Waals surface area contributed by atoms with E-state index in [4.69, 9.17) is 33.3 Å². The highest BCUT2D eigenvalue weighted by Crippen LogP contribution is 2.43. The van der Waals surface area contributed by atoms with E-state index in [1.807, 2.05) is 31.2 Å². The molecule has 0 amide bonds. The van der Waals surface area contributed by atoms with Crippen LogP contribution in [0.25, 0.3) is 0 Å². The van der Waals surface area contributed by atoms with Gasteiger partial charge in [0, 0.05) is 6.61 Å². The zero-order chi connectivity index (χ0) is 10.6. The molecule has 0 aliphatic carbocycles. The Bertz CT molecular complexity index is 337. The quantitative estimate of drug-likeness (QED) is 0.599. The second-order valence-corrected chi connectivity index (χ2v) is 8.16. The smallest absolute Gasteiger partial charge is 0.118 e. The minimum Gasteiger partial charge on any atom is -0.715 e. The molecule has 0 saturated carbocycles. The van der Waals surface area contributed by atoms with E-state index in [2.05, 4.69) is 0 Å². The van der Waals surface area contributed by atoms with Crippen LogP contribution in [-0.2, 0) is 28.6 Å². The van der Waals surface area contributed by atoms with E-state index in [9.17, 15) is 0 Å². The van der Waals surface area contributed by atoms with Crippen LogP contribution in [0.15, 0.2) is 24.3 Å². The topological polar surface area (TPSA) is 18.5 Å². The first-order valence-electron chi connectivity index (χ1n) is 4.20. The molecule has 78 valence electrons. The summed E-state index contributed by atoms with van der Waals surface area (Å²) in [5, 5.41) is 0.908. The molecule has 2 nitrogen and oxygen atoms in total. The van der Waals surface area contributed by atoms with Crippen molar-refractivity contribution in [3.63, 3.8) is 0 Å². The molecule has 14 heavy (non-hydrogen) atoms. The third-order valence-corrected chi connectivity index (χ3v) is 5.11. The summed E-state index contributed by atoms with van der Waals surface area (Å²) in [7, 11) is 1.63. The minimum atomic E-state index is -2.21. The maximum atomic E-state index is 5.39. The van der Waals surface area contributed by atoms with Crippen molar-refractivity contribution in [2.24, 2.45) is 0 Å². The molecule has 0 bridgehead atoms. The second kappa shape index (κ2) is 5.17. The Kier molecular flexibility index (Phi) is 4.45. The van der Waals surface area contributed by atoms with Gasteiger partial charge in [-0.3, -0.25) is 0 Å². The van der Waals surface area contributed by atoms with Crippen molar-refractivity contribution >= 4 is 34.8 Å². The van der Waals surface area contributed by atoms with Gasteiger partial charge in [0.15, 0.2) is 0 Å². The van der Waals surface area contributed by atoms with Crippen LogP contribution in [-0.4, -0.2) is 13.7 Å². The van der Waals surface area contributed by atoms with Gasteiger partial charge in [-0.1, -0.05) is 11.8 Å². The third-order valence-electron chi connectivity index (χ3n) is 1.69. The van der Waals surface area contributed by atoms with Crippen LogP contribution < -0.4 is 10.0 Å². The van der Waals surface area contributed by atoms with E-state index in [0.717, 1.165) is 11.1 Å². The lowest BCUT2D eigenvalue weighted by Crippen LogP contribution is -2.04. The molecule has 1 unspecified atom stereocenters. The predicted molar refractivity (Wildman–Crippen MR) is 65.9 cm³/mol. The molecule has 5 heteroatoms. The fourth-order valence-electron chi connectivity index (χ4n) is 1.01. The first-order valence-corrected chi connectivity index (χ1v) is 7.93. The molecule has 1 aromatic carbocycles. The van der Waals surface area contributed by atoms with Gasteiger partial charge in [-0.2, -0.15) is 0 Å². The van der Waals surface area contributed by atoms with Crippen LogP contribution in [0.2, 0.25) is 0 Å². The molecule has 1 aromatic rings. The number of benzene rings is 1. The van der Waals surface area contributed by atoms with Gasteiger partial charge in [0.2, 0.25) is 0 Å². The van der Waals surface area contributed by atoms with Crippen molar-refractivity contribution in [1.29, 1.82) is 0 Å². The Balaban J connectivity index is 2.91. The van der Waals surface area contributed by atoms with E-state index in [1.54, 1.807) is 7.11 Å². The van der Waals surface area contributed by atoms with Gasteiger partial charge in [0.1, 0.15) is 5.75 Å². The van der Waals surface area contributed by atoms with E-state index in [0.29, 0.717) is 6.61 Å². The number of hydrogen-bond acceptors (Lipinski definition) is 4. The predicted octanol–water partition coefficient (Wildman–Crippen LogP) is 2.21. The maximum absolute atomic E-state index is 5.39. The molecule has 0 aliphatic rings. The molecule has 0 aromatic heterocycles. The Morgan fingerprint density at radius 1 is 1.36 bits per heavy atom. The normalized spacial score (nSPS) is 14.8. The summed E-state index contributed by atoms with van der Waals surface area (Å²) in [6.07, 6.45) is 0. The Labute approximate surface area is 94.9 Å². The molecule has 0 heterocycles. The molecular weight excluding hydrogens is 235 g/mol. The molecule has 0 spiro atoms. The molecular formula is C9H12O2PS2-. The fraction of sp³-hybridized carbons (Fsp3) is 0.333. The average Bonchev–Trinajstić information content (AvgIpc) is 2.18. The number of ether oxygens (including phenoxy) is 1. The van der Waals surface area contributed by atoms with Gasteiger partial charge < -0.3 is 21.5 Å². The van der Waals surface area contributed by atoms with Crippen molar-refractivity contribution < 1.29 is 9.26 Å². The molecule has 1 atom stereocenters. The van der Waals surface area contributed by atoms with Gasteiger partial charge in [-0.05, 0) is 42.0 Å². The van der Waals surface area contributed by atoms with E-state index in [-0.39, 0.29) is 0 Å². The molecule has 0 N–H and O–H groups in total. The van der Waals surface area contributed by atoms with Gasteiger partial charge in [-0.25, -0.2) is 0 Å². The van der Waals surface area contributed by atoms with Gasteiger partial charge in [0.05, 0.1) is 7.11 Å². The first kappa shape index (κ1) is 12.1. The van der Waals surface area contributed by atoms with Crippen molar-refractivity contribution in [2.75, 3.05) is 13.7 Å². The van der Waals surface area contributed by atoms with Gasteiger partial charge in [0.25, 0.3) is 0 Å². The molecule has 0 fully saturated rings. The van der Waals surface area contributed by atoms with Gasteiger partial charge >= 0.3 is 0 Å². The highest BCUT2D eigenvalue weighted by molar-refractivity contribution is 8.56. The summed E-state index contributed by atoms with van der Waals surface area (Å²) in [4.78, 5) is 0. The van der Waals surface area contributed by atoms with Crippen LogP contribution in [0.5, 0.6) is 5.75 Å². The summed E-state index contributed by atoms with van der Waals surface area (Å²) < 4.78 is 10.4. The SMILES string of the molecule is CCOP(=S)([S-])c1ccc(OC)cc1. The third kappa shape index (κ3) is 2.99. The average molecular weight is 247 g/mol. The maximum Gasteiger partial charge on any atom is 0.118 e. The largest absolute Gasteiger partial charge is 0.715 e. The van der Waals surface area contributed by atoms with Crippen molar-refractivity contribution in [1.82, 2.24) is 0 Å². The number of methoxy groups -OCH3 is 1. The van der Waals surface area contributed by atoms with Crippen molar-refractivity contribution in [3.8, 4) is 5.75 Å². The first-order chi connectivity index (χ1) is 6.60. The molecule has 0 saturated heterocycles. The molecule has 0 radical (unpaired) electrons. The van der Waals surface area contributed by atoms with Crippen LogP contribution in [0, 0.1) is 0 Å². The van der Waals surface area contributed by atoms with Crippen LogP contribution in [0.3, 0.4) is 0 Å². The highest BCUT2D eigenvalue weighted by Gasteiger charge is 2.04. The minimum absolute atomic E-state index is 0.562. The van der Waals surface area contributed by atoms with E-state index in [1.165, 1.54) is 0 Å². The molecule has 0 aliphatic heterocycles. The Hall–Kier alpha value is -0.0200. The Morgan fingerprint density at radius 2 is 1.93 bits per heavy atom. The van der Waals surface area contributed by atoms with Crippen molar-refractivity contribution in [2.45, 2.75) is 6.92 Å². The van der Waals surface area contributed by atoms with Crippen LogP contribution in [0.4, 0.5) is 0 Å². The van der Waals surface area contributed by atoms with E-state index < -0.39 is 5.47 Å². The lowest BCUT2D eigenvalue weighted by molar-refractivity contribution is 0.390. The zero-order valence-electron chi connectivity index (χ0n) is 8.10. The van der Waals surface area contributed by atoms with E-state index >= 15 is 0 Å². The Morgan fingerprint density at radius 3 is 2.36 bits per heavy atom. The number of hydrogen-bond donors (Lipinski definition) is 0. The summed E-state index contributed by atoms with van der Waals surface area (Å²) in [6, 6.07) is 7.45. The van der Waals surface area contributed by atoms with Gasteiger partial charge in [-0.15, -0.1) is 0 Å². The number of rotatable bonds is 4. The monoisotopic (exact) mass is 247 g/mol. The second-order valence-electron chi connectivity index (χ2n) is 2.61. The fourth-order valence-corrected chi connectivity index (χ4v) is 3.38. The summed E-state index contributed by atoms with van der Waals surface area (Å²) in [6.45, 7) is 2.46. The molecule has 1 rings (SSSR count). The highest BCUT2D eigenvalue weighted by atomic mass is 32.9. The van der Waals surface area contributed by atoms with Crippen LogP contribution in [0.1, 0.15) is 6.92 Å². The lowest BCUT2D eigenvalue weighted by Gasteiger charge is -2.28. The summed E-state index contributed by atoms with van der Waals surface area (Å²) in [5.41, 5.74) is -2.21.